The number of carbonyl (C=O) groups excluding carboxylic acids is 1. The molecule has 0 aliphatic heterocycles. The summed E-state index contributed by atoms with van der Waals surface area (Å²) >= 11 is 3.40. The first kappa shape index (κ1) is 15.3. The molecule has 0 saturated heterocycles. The van der Waals surface area contributed by atoms with E-state index in [2.05, 4.69) is 31.2 Å². The molecule has 5 nitrogen and oxygen atoms in total. The van der Waals surface area contributed by atoms with E-state index in [9.17, 15) is 4.79 Å². The molecule has 1 heterocycles. The molecule has 0 aliphatic rings. The maximum absolute atomic E-state index is 12.1. The van der Waals surface area contributed by atoms with Crippen molar-refractivity contribution in [3.63, 3.8) is 0 Å². The standard InChI is InChI=1S/C12H21BrN4O/c1-4-14-6-5-11(18)12-10(13)9-15-17(12)8-7-16(2)3/h9,14H,4-8H2,1-3H3. The predicted molar refractivity (Wildman–Crippen MR) is 76.0 cm³/mol. The predicted octanol–water partition coefficient (Wildman–Crippen LogP) is 1.39. The van der Waals surface area contributed by atoms with Crippen LogP contribution in [0.2, 0.25) is 0 Å². The van der Waals surface area contributed by atoms with Gasteiger partial charge in [-0.15, -0.1) is 0 Å². The summed E-state index contributed by atoms with van der Waals surface area (Å²) in [5.41, 5.74) is 0.676. The summed E-state index contributed by atoms with van der Waals surface area (Å²) in [5.74, 6) is 0.124. The third-order valence-corrected chi connectivity index (χ3v) is 3.18. The first-order chi connectivity index (χ1) is 8.56. The van der Waals surface area contributed by atoms with E-state index in [-0.39, 0.29) is 5.78 Å². The summed E-state index contributed by atoms with van der Waals surface area (Å²) in [6, 6.07) is 0. The molecule has 0 aliphatic carbocycles. The molecular formula is C12H21BrN4O. The van der Waals surface area contributed by atoms with E-state index in [0.717, 1.165) is 24.1 Å². The van der Waals surface area contributed by atoms with Crippen molar-refractivity contribution in [2.24, 2.45) is 0 Å². The second-order valence-corrected chi connectivity index (χ2v) is 5.25. The number of hydrogen-bond acceptors (Lipinski definition) is 4. The average molecular weight is 317 g/mol. The zero-order valence-electron chi connectivity index (χ0n) is 11.2. The van der Waals surface area contributed by atoms with Gasteiger partial charge in [-0.05, 0) is 36.6 Å². The molecule has 18 heavy (non-hydrogen) atoms. The second kappa shape index (κ2) is 7.66. The molecule has 6 heteroatoms. The molecule has 0 fully saturated rings. The lowest BCUT2D eigenvalue weighted by Gasteiger charge is -2.11. The van der Waals surface area contributed by atoms with Crippen LogP contribution < -0.4 is 5.32 Å². The van der Waals surface area contributed by atoms with Crippen LogP contribution in [-0.2, 0) is 6.54 Å². The molecule has 1 N–H and O–H groups in total. The molecule has 0 unspecified atom stereocenters. The molecule has 0 aromatic carbocycles. The maximum atomic E-state index is 12.1. The fraction of sp³-hybridized carbons (Fsp3) is 0.667. The van der Waals surface area contributed by atoms with E-state index in [0.29, 0.717) is 18.7 Å². The zero-order valence-corrected chi connectivity index (χ0v) is 12.8. The molecular weight excluding hydrogens is 296 g/mol. The van der Waals surface area contributed by atoms with Crippen molar-refractivity contribution >= 4 is 21.7 Å². The highest BCUT2D eigenvalue weighted by Crippen LogP contribution is 2.17. The van der Waals surface area contributed by atoms with Crippen molar-refractivity contribution in [3.05, 3.63) is 16.4 Å². The number of Topliss-reactive ketones (excluding diaryl/α,β-unsaturated/α-hetero) is 1. The highest BCUT2D eigenvalue weighted by molar-refractivity contribution is 9.10. The minimum atomic E-state index is 0.124. The van der Waals surface area contributed by atoms with Crippen LogP contribution in [0.1, 0.15) is 23.8 Å². The smallest absolute Gasteiger partial charge is 0.183 e. The van der Waals surface area contributed by atoms with Crippen LogP contribution in [0.5, 0.6) is 0 Å². The third kappa shape index (κ3) is 4.51. The number of aromatic nitrogens is 2. The molecule has 0 bridgehead atoms. The highest BCUT2D eigenvalue weighted by Gasteiger charge is 2.16. The number of nitrogens with zero attached hydrogens (tertiary/aromatic N) is 3. The molecule has 1 rings (SSSR count). The van der Waals surface area contributed by atoms with Crippen LogP contribution in [0, 0.1) is 0 Å². The number of nitrogens with one attached hydrogen (secondary N) is 1. The number of likely N-dealkylation sites (N-methyl/N-ethyl adjacent to an activating group) is 1. The Hall–Kier alpha value is -0.720. The molecule has 1 aromatic heterocycles. The van der Waals surface area contributed by atoms with Gasteiger partial charge in [0.05, 0.1) is 17.2 Å². The van der Waals surface area contributed by atoms with E-state index >= 15 is 0 Å². The Kier molecular flexibility index (Phi) is 6.52. The first-order valence-electron chi connectivity index (χ1n) is 6.16. The minimum absolute atomic E-state index is 0.124. The van der Waals surface area contributed by atoms with Crippen LogP contribution in [0.4, 0.5) is 0 Å². The molecule has 1 aromatic rings. The fourth-order valence-corrected chi connectivity index (χ4v) is 2.12. The van der Waals surface area contributed by atoms with Gasteiger partial charge in [0.2, 0.25) is 0 Å². The number of hydrogen-bond donors (Lipinski definition) is 1. The van der Waals surface area contributed by atoms with Crippen LogP contribution in [0.15, 0.2) is 10.7 Å². The monoisotopic (exact) mass is 316 g/mol. The highest BCUT2D eigenvalue weighted by atomic mass is 79.9. The molecule has 102 valence electrons. The van der Waals surface area contributed by atoms with Crippen LogP contribution in [-0.4, -0.2) is 54.2 Å². The van der Waals surface area contributed by atoms with Gasteiger partial charge in [-0.1, -0.05) is 6.92 Å². The van der Waals surface area contributed by atoms with Crippen molar-refractivity contribution in [2.45, 2.75) is 19.9 Å². The molecule has 0 radical (unpaired) electrons. The van der Waals surface area contributed by atoms with Crippen molar-refractivity contribution < 1.29 is 4.79 Å². The largest absolute Gasteiger partial charge is 0.317 e. The van der Waals surface area contributed by atoms with Gasteiger partial charge in [0.1, 0.15) is 5.69 Å². The Morgan fingerprint density at radius 3 is 2.89 bits per heavy atom. The molecule has 0 amide bonds. The van der Waals surface area contributed by atoms with E-state index in [1.165, 1.54) is 0 Å². The van der Waals surface area contributed by atoms with Crippen LogP contribution in [0.25, 0.3) is 0 Å². The summed E-state index contributed by atoms with van der Waals surface area (Å²) in [4.78, 5) is 14.2. The molecule has 0 atom stereocenters. The lowest BCUT2D eigenvalue weighted by Crippen LogP contribution is -2.23. The number of ketones is 1. The van der Waals surface area contributed by atoms with E-state index in [1.807, 2.05) is 21.0 Å². The minimum Gasteiger partial charge on any atom is -0.317 e. The number of carbonyl (C=O) groups is 1. The summed E-state index contributed by atoms with van der Waals surface area (Å²) < 4.78 is 2.56. The van der Waals surface area contributed by atoms with E-state index in [4.69, 9.17) is 0 Å². The first-order valence-corrected chi connectivity index (χ1v) is 6.95. The van der Waals surface area contributed by atoms with Crippen LogP contribution >= 0.6 is 15.9 Å². The van der Waals surface area contributed by atoms with Crippen molar-refractivity contribution in [1.29, 1.82) is 0 Å². The summed E-state index contributed by atoms with van der Waals surface area (Å²) in [5, 5.41) is 7.40. The Morgan fingerprint density at radius 2 is 2.28 bits per heavy atom. The van der Waals surface area contributed by atoms with Crippen molar-refractivity contribution in [1.82, 2.24) is 20.0 Å². The van der Waals surface area contributed by atoms with Gasteiger partial charge in [0, 0.05) is 19.5 Å². The lowest BCUT2D eigenvalue weighted by atomic mass is 10.2. The normalized spacial score (nSPS) is 11.2. The zero-order chi connectivity index (χ0) is 13.5. The van der Waals surface area contributed by atoms with Gasteiger partial charge in [0.25, 0.3) is 0 Å². The summed E-state index contributed by atoms with van der Waals surface area (Å²) in [7, 11) is 4.01. The molecule has 0 saturated carbocycles. The van der Waals surface area contributed by atoms with E-state index in [1.54, 1.807) is 10.9 Å². The number of rotatable bonds is 8. The summed E-state index contributed by atoms with van der Waals surface area (Å²) in [6.07, 6.45) is 2.19. The Morgan fingerprint density at radius 1 is 1.56 bits per heavy atom. The van der Waals surface area contributed by atoms with Crippen LogP contribution in [0.3, 0.4) is 0 Å². The van der Waals surface area contributed by atoms with Gasteiger partial charge in [-0.25, -0.2) is 0 Å². The average Bonchev–Trinajstić information content (AvgIpc) is 2.68. The quantitative estimate of drug-likeness (QED) is 0.581. The van der Waals surface area contributed by atoms with Gasteiger partial charge in [-0.3, -0.25) is 9.48 Å². The number of halogens is 1. The van der Waals surface area contributed by atoms with Crippen molar-refractivity contribution in [3.8, 4) is 0 Å². The Balaban J connectivity index is 2.67. The lowest BCUT2D eigenvalue weighted by molar-refractivity contribution is 0.0971. The SMILES string of the molecule is CCNCCC(=O)c1c(Br)cnn1CCN(C)C. The Labute approximate surface area is 117 Å². The molecule has 0 spiro atoms. The van der Waals surface area contributed by atoms with Gasteiger partial charge >= 0.3 is 0 Å². The topological polar surface area (TPSA) is 50.2 Å². The summed E-state index contributed by atoms with van der Waals surface area (Å²) in [6.45, 7) is 5.21. The third-order valence-electron chi connectivity index (χ3n) is 2.60. The maximum Gasteiger partial charge on any atom is 0.183 e. The van der Waals surface area contributed by atoms with E-state index < -0.39 is 0 Å². The van der Waals surface area contributed by atoms with Gasteiger partial charge in [-0.2, -0.15) is 5.10 Å². The van der Waals surface area contributed by atoms with Crippen molar-refractivity contribution in [2.75, 3.05) is 33.7 Å². The van der Waals surface area contributed by atoms with Gasteiger partial charge in [0.15, 0.2) is 5.78 Å². The Bertz CT molecular complexity index is 389. The van der Waals surface area contributed by atoms with Gasteiger partial charge < -0.3 is 10.2 Å². The fourth-order valence-electron chi connectivity index (χ4n) is 1.60. The second-order valence-electron chi connectivity index (χ2n) is 4.39.